The van der Waals surface area contributed by atoms with E-state index in [1.54, 1.807) is 0 Å². The summed E-state index contributed by atoms with van der Waals surface area (Å²) in [5, 5.41) is 0. The third-order valence-electron chi connectivity index (χ3n) is 6.32. The van der Waals surface area contributed by atoms with E-state index in [2.05, 4.69) is 33.0 Å². The van der Waals surface area contributed by atoms with Gasteiger partial charge in [0.05, 0.1) is 24.9 Å². The number of anilines is 1. The molecular formula is C20H24F3N5O2. The molecule has 1 saturated carbocycles. The highest BCUT2D eigenvalue weighted by Gasteiger charge is 2.58. The molecule has 0 aromatic carbocycles. The fourth-order valence-corrected chi connectivity index (χ4v) is 4.69. The van der Waals surface area contributed by atoms with Crippen LogP contribution in [0.2, 0.25) is 0 Å². The van der Waals surface area contributed by atoms with Crippen molar-refractivity contribution in [2.75, 3.05) is 32.0 Å². The summed E-state index contributed by atoms with van der Waals surface area (Å²) in [6.07, 6.45) is -1.47. The van der Waals surface area contributed by atoms with Gasteiger partial charge in [0.1, 0.15) is 5.82 Å². The maximum atomic E-state index is 12.7. The van der Waals surface area contributed by atoms with Crippen molar-refractivity contribution in [2.24, 2.45) is 11.8 Å². The first-order chi connectivity index (χ1) is 14.2. The van der Waals surface area contributed by atoms with Crippen LogP contribution < -0.4 is 10.5 Å². The van der Waals surface area contributed by atoms with Crippen LogP contribution in [-0.4, -0.2) is 58.1 Å². The third-order valence-corrected chi connectivity index (χ3v) is 6.32. The average Bonchev–Trinajstić information content (AvgIpc) is 2.97. The summed E-state index contributed by atoms with van der Waals surface area (Å²) in [6, 6.07) is 2.18. The van der Waals surface area contributed by atoms with Crippen LogP contribution in [0.1, 0.15) is 31.6 Å². The Labute approximate surface area is 172 Å². The summed E-state index contributed by atoms with van der Waals surface area (Å²) in [5.74, 6) is 1.46. The number of likely N-dealkylation sites (tertiary alicyclic amines) is 1. The number of hydrogen-bond donors (Lipinski definition) is 1. The minimum atomic E-state index is -4.83. The van der Waals surface area contributed by atoms with Gasteiger partial charge in [-0.2, -0.15) is 0 Å². The number of imidazole rings is 1. The van der Waals surface area contributed by atoms with Gasteiger partial charge in [-0.15, -0.1) is 13.2 Å². The lowest BCUT2D eigenvalue weighted by Crippen LogP contribution is -2.49. The zero-order chi connectivity index (χ0) is 21.2. The standard InChI is InChI=1S/C20H24F3N5O2/c1-10(2)19-26-15(11-3-16(18(24)25-4-11)30-20(21,22)23)7-28(19)17-13-5-27(6-14(13)17)12-8-29-9-12/h3-4,7,10,12-14,17H,5-6,8-9H2,1-2H3,(H2,24,25)/t13-,14+,17-. The van der Waals surface area contributed by atoms with Crippen LogP contribution in [0.3, 0.4) is 0 Å². The van der Waals surface area contributed by atoms with Gasteiger partial charge < -0.3 is 19.8 Å². The highest BCUT2D eigenvalue weighted by atomic mass is 19.4. The van der Waals surface area contributed by atoms with Gasteiger partial charge in [-0.3, -0.25) is 4.90 Å². The quantitative estimate of drug-likeness (QED) is 0.797. The predicted octanol–water partition coefficient (Wildman–Crippen LogP) is 3.05. The SMILES string of the molecule is CC(C)c1nc(-c2cnc(N)c(OC(F)(F)F)c2)cn1[C@@H]1[C@@H]2CN(C3COC3)C[C@@H]21. The number of rotatable bonds is 5. The molecule has 2 aromatic rings. The van der Waals surface area contributed by atoms with Gasteiger partial charge >= 0.3 is 6.36 Å². The first kappa shape index (κ1) is 19.6. The van der Waals surface area contributed by atoms with Gasteiger partial charge in [0, 0.05) is 43.0 Å². The topological polar surface area (TPSA) is 78.4 Å². The Kier molecular flexibility index (Phi) is 4.48. The lowest BCUT2D eigenvalue weighted by Gasteiger charge is -2.36. The van der Waals surface area contributed by atoms with Crippen LogP contribution in [0.5, 0.6) is 5.75 Å². The number of piperidine rings is 1. The van der Waals surface area contributed by atoms with E-state index in [0.29, 0.717) is 35.2 Å². The van der Waals surface area contributed by atoms with E-state index >= 15 is 0 Å². The Morgan fingerprint density at radius 1 is 1.23 bits per heavy atom. The number of nitrogen functional groups attached to an aromatic ring is 1. The van der Waals surface area contributed by atoms with Gasteiger partial charge in [0.25, 0.3) is 0 Å². The summed E-state index contributed by atoms with van der Waals surface area (Å²) in [4.78, 5) is 11.1. The Morgan fingerprint density at radius 3 is 2.50 bits per heavy atom. The minimum Gasteiger partial charge on any atom is -0.402 e. The van der Waals surface area contributed by atoms with E-state index in [0.717, 1.165) is 32.1 Å². The fraction of sp³-hybridized carbons (Fsp3) is 0.600. The average molecular weight is 423 g/mol. The second kappa shape index (κ2) is 6.84. The maximum Gasteiger partial charge on any atom is 0.573 e. The minimum absolute atomic E-state index is 0.184. The Bertz CT molecular complexity index is 944. The number of nitrogens with zero attached hydrogens (tertiary/aromatic N) is 4. The van der Waals surface area contributed by atoms with Crippen molar-refractivity contribution in [3.05, 3.63) is 24.3 Å². The number of pyridine rings is 1. The largest absolute Gasteiger partial charge is 0.573 e. The highest BCUT2D eigenvalue weighted by Crippen LogP contribution is 2.57. The van der Waals surface area contributed by atoms with Crippen molar-refractivity contribution in [3.63, 3.8) is 0 Å². The van der Waals surface area contributed by atoms with E-state index in [1.807, 2.05) is 6.20 Å². The molecule has 5 rings (SSSR count). The van der Waals surface area contributed by atoms with E-state index in [1.165, 1.54) is 12.3 Å². The molecule has 2 N–H and O–H groups in total. The van der Waals surface area contributed by atoms with Crippen molar-refractivity contribution in [1.29, 1.82) is 0 Å². The number of alkyl halides is 3. The van der Waals surface area contributed by atoms with Gasteiger partial charge in [-0.1, -0.05) is 13.8 Å². The lowest BCUT2D eigenvalue weighted by atomic mass is 10.2. The molecule has 0 amide bonds. The number of nitrogens with two attached hydrogens (primary N) is 1. The summed E-state index contributed by atoms with van der Waals surface area (Å²) < 4.78 is 49.5. The number of ether oxygens (including phenoxy) is 2. The molecule has 3 atom stereocenters. The lowest BCUT2D eigenvalue weighted by molar-refractivity contribution is -0.274. The van der Waals surface area contributed by atoms with Crippen LogP contribution in [0.15, 0.2) is 18.5 Å². The van der Waals surface area contributed by atoms with Crippen LogP contribution >= 0.6 is 0 Å². The number of fused-ring (bicyclic) bond motifs is 1. The number of halogens is 3. The molecule has 4 heterocycles. The number of hydrogen-bond acceptors (Lipinski definition) is 6. The number of aromatic nitrogens is 3. The van der Waals surface area contributed by atoms with Gasteiger partial charge in [0.15, 0.2) is 11.6 Å². The van der Waals surface area contributed by atoms with E-state index in [9.17, 15) is 13.2 Å². The second-order valence-corrected chi connectivity index (χ2v) is 8.66. The van der Waals surface area contributed by atoms with E-state index < -0.39 is 12.1 Å². The smallest absolute Gasteiger partial charge is 0.402 e. The molecule has 30 heavy (non-hydrogen) atoms. The molecule has 7 nitrogen and oxygen atoms in total. The monoisotopic (exact) mass is 423 g/mol. The van der Waals surface area contributed by atoms with Crippen molar-refractivity contribution in [3.8, 4) is 17.0 Å². The van der Waals surface area contributed by atoms with E-state index in [-0.39, 0.29) is 11.7 Å². The molecule has 1 aliphatic carbocycles. The molecule has 0 bridgehead atoms. The third kappa shape index (κ3) is 3.41. The van der Waals surface area contributed by atoms with E-state index in [4.69, 9.17) is 15.5 Å². The molecule has 2 aromatic heterocycles. The second-order valence-electron chi connectivity index (χ2n) is 8.66. The molecule has 2 aliphatic heterocycles. The zero-order valence-electron chi connectivity index (χ0n) is 16.8. The Hall–Kier alpha value is -2.33. The summed E-state index contributed by atoms with van der Waals surface area (Å²) >= 11 is 0. The zero-order valence-corrected chi connectivity index (χ0v) is 16.8. The highest BCUT2D eigenvalue weighted by molar-refractivity contribution is 5.64. The first-order valence-corrected chi connectivity index (χ1v) is 10.1. The summed E-state index contributed by atoms with van der Waals surface area (Å²) in [7, 11) is 0. The van der Waals surface area contributed by atoms with Crippen LogP contribution in [0.25, 0.3) is 11.3 Å². The predicted molar refractivity (Wildman–Crippen MR) is 103 cm³/mol. The molecule has 3 fully saturated rings. The molecule has 162 valence electrons. The molecular weight excluding hydrogens is 399 g/mol. The molecule has 0 radical (unpaired) electrons. The molecule has 10 heteroatoms. The molecule has 0 spiro atoms. The summed E-state index contributed by atoms with van der Waals surface area (Å²) in [5.41, 5.74) is 6.58. The van der Waals surface area contributed by atoms with Crippen molar-refractivity contribution in [1.82, 2.24) is 19.4 Å². The Balaban J connectivity index is 1.40. The van der Waals surface area contributed by atoms with Crippen LogP contribution in [-0.2, 0) is 4.74 Å². The van der Waals surface area contributed by atoms with Gasteiger partial charge in [-0.25, -0.2) is 9.97 Å². The molecule has 2 saturated heterocycles. The van der Waals surface area contributed by atoms with Crippen molar-refractivity contribution < 1.29 is 22.6 Å². The Morgan fingerprint density at radius 2 is 1.93 bits per heavy atom. The van der Waals surface area contributed by atoms with Crippen molar-refractivity contribution >= 4 is 5.82 Å². The van der Waals surface area contributed by atoms with Crippen LogP contribution in [0, 0.1) is 11.8 Å². The van der Waals surface area contributed by atoms with Crippen LogP contribution in [0.4, 0.5) is 19.0 Å². The van der Waals surface area contributed by atoms with Crippen molar-refractivity contribution in [2.45, 2.75) is 38.2 Å². The normalized spacial score (nSPS) is 26.7. The maximum absolute atomic E-state index is 12.7. The first-order valence-electron chi connectivity index (χ1n) is 10.1. The van der Waals surface area contributed by atoms with Gasteiger partial charge in [-0.05, 0) is 17.9 Å². The summed E-state index contributed by atoms with van der Waals surface area (Å²) in [6.45, 7) is 7.89. The molecule has 3 aliphatic rings. The molecule has 0 unspecified atom stereocenters. The van der Waals surface area contributed by atoms with Gasteiger partial charge in [0.2, 0.25) is 0 Å². The fourth-order valence-electron chi connectivity index (χ4n) is 4.69.